The molecule has 0 radical (unpaired) electrons. The van der Waals surface area contributed by atoms with Crippen LogP contribution in [0.5, 0.6) is 0 Å². The van der Waals surface area contributed by atoms with Crippen molar-refractivity contribution in [1.29, 1.82) is 0 Å². The van der Waals surface area contributed by atoms with Crippen molar-refractivity contribution in [1.82, 2.24) is 9.97 Å². The van der Waals surface area contributed by atoms with E-state index in [9.17, 15) is 14.4 Å². The summed E-state index contributed by atoms with van der Waals surface area (Å²) in [6.07, 6.45) is -0.698. The number of carboxylic acid groups (broad SMARTS) is 2. The number of carbonyl (C=O) groups is 3. The highest BCUT2D eigenvalue weighted by atomic mass is 32.2. The minimum absolute atomic E-state index is 0.307. The van der Waals surface area contributed by atoms with E-state index >= 15 is 0 Å². The molecule has 9 heteroatoms. The number of rotatable bonds is 7. The fourth-order valence-electron chi connectivity index (χ4n) is 1.96. The molecule has 5 N–H and O–H groups in total. The van der Waals surface area contributed by atoms with E-state index in [1.165, 1.54) is 0 Å². The third-order valence-corrected chi connectivity index (χ3v) is 4.20. The third kappa shape index (κ3) is 3.55. The molecular formula is C13H13N3O5S. The van der Waals surface area contributed by atoms with Crippen LogP contribution in [-0.2, 0) is 14.4 Å². The molecule has 0 bridgehead atoms. The zero-order valence-electron chi connectivity index (χ0n) is 11.2. The first-order chi connectivity index (χ1) is 10.4. The number of nitrogens with two attached hydrogens (primary N) is 1. The number of H-pyrrole nitrogens is 1. The van der Waals surface area contributed by atoms with E-state index in [2.05, 4.69) is 9.97 Å². The number of carbonyl (C=O) groups excluding carboxylic acids is 1. The van der Waals surface area contributed by atoms with Gasteiger partial charge in [0.1, 0.15) is 5.25 Å². The number of benzene rings is 1. The number of carboxylic acids is 2. The Bertz CT molecular complexity index is 696. The second-order valence-electron chi connectivity index (χ2n) is 4.54. The van der Waals surface area contributed by atoms with Crippen molar-refractivity contribution in [2.75, 3.05) is 0 Å². The topological polar surface area (TPSA) is 146 Å². The molecule has 22 heavy (non-hydrogen) atoms. The first-order valence-electron chi connectivity index (χ1n) is 6.24. The number of hydrogen-bond acceptors (Lipinski definition) is 5. The first-order valence-corrected chi connectivity index (χ1v) is 7.11. The summed E-state index contributed by atoms with van der Waals surface area (Å²) in [6, 6.07) is 7.11. The van der Waals surface area contributed by atoms with Crippen molar-refractivity contribution in [2.45, 2.75) is 16.8 Å². The molecule has 0 aliphatic rings. The maximum atomic E-state index is 11.5. The van der Waals surface area contributed by atoms with E-state index in [-0.39, 0.29) is 0 Å². The Morgan fingerprint density at radius 2 is 1.95 bits per heavy atom. The Morgan fingerprint density at radius 1 is 1.27 bits per heavy atom. The van der Waals surface area contributed by atoms with Crippen LogP contribution < -0.4 is 5.73 Å². The summed E-state index contributed by atoms with van der Waals surface area (Å²) in [5, 5.41) is 17.0. The summed E-state index contributed by atoms with van der Waals surface area (Å²) in [6.45, 7) is 0. The van der Waals surface area contributed by atoms with Crippen LogP contribution in [0.3, 0.4) is 0 Å². The molecule has 2 atom stereocenters. The molecule has 2 aromatic rings. The van der Waals surface area contributed by atoms with Crippen LogP contribution in [0.25, 0.3) is 11.0 Å². The lowest BCUT2D eigenvalue weighted by atomic mass is 10.0. The summed E-state index contributed by atoms with van der Waals surface area (Å²) in [5.74, 6) is -5.05. The molecule has 1 heterocycles. The fraction of sp³-hybridized carbons (Fsp3) is 0.231. The fourth-order valence-corrected chi connectivity index (χ4v) is 3.01. The van der Waals surface area contributed by atoms with Crippen molar-refractivity contribution in [3.8, 4) is 0 Å². The number of para-hydroxylation sites is 2. The minimum atomic E-state index is -1.44. The highest BCUT2D eigenvalue weighted by molar-refractivity contribution is 8.00. The first kappa shape index (κ1) is 15.8. The Balaban J connectivity index is 2.28. The zero-order chi connectivity index (χ0) is 16.3. The van der Waals surface area contributed by atoms with E-state index in [1.54, 1.807) is 24.3 Å². The Morgan fingerprint density at radius 3 is 2.50 bits per heavy atom. The van der Waals surface area contributed by atoms with Gasteiger partial charge in [-0.25, -0.2) is 4.98 Å². The molecule has 0 saturated heterocycles. The Kier molecular flexibility index (Phi) is 4.66. The van der Waals surface area contributed by atoms with Crippen molar-refractivity contribution < 1.29 is 24.6 Å². The van der Waals surface area contributed by atoms with E-state index < -0.39 is 35.4 Å². The quantitative estimate of drug-likeness (QED) is 0.548. The molecule has 0 fully saturated rings. The number of primary amides is 1. The monoisotopic (exact) mass is 323 g/mol. The molecule has 2 rings (SSSR count). The van der Waals surface area contributed by atoms with Gasteiger partial charge < -0.3 is 20.9 Å². The summed E-state index contributed by atoms with van der Waals surface area (Å²) in [5.41, 5.74) is 6.61. The van der Waals surface area contributed by atoms with Crippen LogP contribution in [0.2, 0.25) is 0 Å². The average molecular weight is 323 g/mol. The Labute approximate surface area is 128 Å². The number of aromatic nitrogens is 2. The van der Waals surface area contributed by atoms with Crippen LogP contribution in [-0.4, -0.2) is 43.3 Å². The number of imidazole rings is 1. The number of aliphatic carboxylic acids is 2. The second kappa shape index (κ2) is 6.48. The number of thioether (sulfide) groups is 1. The molecule has 8 nitrogen and oxygen atoms in total. The smallest absolute Gasteiger partial charge is 0.308 e. The van der Waals surface area contributed by atoms with E-state index in [0.717, 1.165) is 17.3 Å². The van der Waals surface area contributed by atoms with Crippen LogP contribution in [0.15, 0.2) is 29.4 Å². The number of fused-ring (bicyclic) bond motifs is 1. The van der Waals surface area contributed by atoms with Crippen molar-refractivity contribution in [2.24, 2.45) is 11.7 Å². The second-order valence-corrected chi connectivity index (χ2v) is 5.67. The summed E-state index contributed by atoms with van der Waals surface area (Å²) in [4.78, 5) is 40.7. The van der Waals surface area contributed by atoms with Gasteiger partial charge in [0.05, 0.1) is 23.4 Å². The molecule has 0 spiro atoms. The molecule has 1 amide bonds. The minimum Gasteiger partial charge on any atom is -0.481 e. The van der Waals surface area contributed by atoms with Gasteiger partial charge in [-0.3, -0.25) is 14.4 Å². The molecule has 0 saturated carbocycles. The standard InChI is InChI=1S/C13H13N3O5S/c14-11(19)10(6(12(20)21)5-9(17)18)22-13-15-7-3-1-2-4-8(7)16-13/h1-4,6,10H,5H2,(H2,14,19)(H,15,16)(H,17,18)(H,20,21). The maximum absolute atomic E-state index is 11.5. The van der Waals surface area contributed by atoms with Crippen molar-refractivity contribution in [3.63, 3.8) is 0 Å². The number of aromatic amines is 1. The third-order valence-electron chi connectivity index (χ3n) is 2.96. The van der Waals surface area contributed by atoms with Gasteiger partial charge in [-0.2, -0.15) is 0 Å². The van der Waals surface area contributed by atoms with Gasteiger partial charge in [-0.1, -0.05) is 23.9 Å². The van der Waals surface area contributed by atoms with Gasteiger partial charge in [-0.05, 0) is 12.1 Å². The van der Waals surface area contributed by atoms with Gasteiger partial charge >= 0.3 is 11.9 Å². The van der Waals surface area contributed by atoms with E-state index in [1.807, 2.05) is 0 Å². The van der Waals surface area contributed by atoms with Crippen LogP contribution in [0, 0.1) is 5.92 Å². The van der Waals surface area contributed by atoms with Gasteiger partial charge in [-0.15, -0.1) is 0 Å². The SMILES string of the molecule is NC(=O)C(Sc1nc2ccccc2[nH]1)C(CC(=O)O)C(=O)O. The van der Waals surface area contributed by atoms with Crippen molar-refractivity contribution >= 4 is 40.6 Å². The number of nitrogens with one attached hydrogen (secondary N) is 1. The molecule has 1 aromatic carbocycles. The van der Waals surface area contributed by atoms with Crippen LogP contribution in [0.4, 0.5) is 0 Å². The van der Waals surface area contributed by atoms with Gasteiger partial charge in [0, 0.05) is 0 Å². The molecule has 116 valence electrons. The van der Waals surface area contributed by atoms with Gasteiger partial charge in [0.2, 0.25) is 5.91 Å². The van der Waals surface area contributed by atoms with Gasteiger partial charge in [0.25, 0.3) is 0 Å². The Hall–Kier alpha value is -2.55. The summed E-state index contributed by atoms with van der Waals surface area (Å²) >= 11 is 0.816. The molecule has 0 aliphatic carbocycles. The van der Waals surface area contributed by atoms with Crippen molar-refractivity contribution in [3.05, 3.63) is 24.3 Å². The highest BCUT2D eigenvalue weighted by Gasteiger charge is 2.36. The van der Waals surface area contributed by atoms with E-state index in [4.69, 9.17) is 15.9 Å². The largest absolute Gasteiger partial charge is 0.481 e. The normalized spacial score (nSPS) is 13.6. The molecule has 2 unspecified atom stereocenters. The van der Waals surface area contributed by atoms with Gasteiger partial charge in [0.15, 0.2) is 5.16 Å². The van der Waals surface area contributed by atoms with Crippen LogP contribution in [0.1, 0.15) is 6.42 Å². The lowest BCUT2D eigenvalue weighted by molar-refractivity contribution is -0.149. The molecule has 1 aromatic heterocycles. The highest BCUT2D eigenvalue weighted by Crippen LogP contribution is 2.29. The number of hydrogen-bond donors (Lipinski definition) is 4. The molecule has 0 aliphatic heterocycles. The zero-order valence-corrected chi connectivity index (χ0v) is 12.0. The average Bonchev–Trinajstić information content (AvgIpc) is 2.84. The number of amides is 1. The maximum Gasteiger partial charge on any atom is 0.308 e. The van der Waals surface area contributed by atoms with Crippen LogP contribution >= 0.6 is 11.8 Å². The predicted molar refractivity (Wildman–Crippen MR) is 78.3 cm³/mol. The lowest BCUT2D eigenvalue weighted by Crippen LogP contribution is -2.38. The molecular weight excluding hydrogens is 310 g/mol. The number of nitrogens with zero attached hydrogens (tertiary/aromatic N) is 1. The predicted octanol–water partition coefficient (Wildman–Crippen LogP) is 0.684. The lowest BCUT2D eigenvalue weighted by Gasteiger charge is -2.18. The van der Waals surface area contributed by atoms with E-state index in [0.29, 0.717) is 10.7 Å². The summed E-state index contributed by atoms with van der Waals surface area (Å²) < 4.78 is 0. The summed E-state index contributed by atoms with van der Waals surface area (Å²) in [7, 11) is 0.